The number of carboxylic acids is 1. The van der Waals surface area contributed by atoms with Crippen LogP contribution in [0.1, 0.15) is 42.6 Å². The summed E-state index contributed by atoms with van der Waals surface area (Å²) in [6.45, 7) is 4.40. The fourth-order valence-electron chi connectivity index (χ4n) is 4.22. The van der Waals surface area contributed by atoms with Crippen molar-refractivity contribution in [2.24, 2.45) is 5.41 Å². The van der Waals surface area contributed by atoms with Crippen LogP contribution in [0.25, 0.3) is 0 Å². The van der Waals surface area contributed by atoms with Crippen LogP contribution in [0.4, 0.5) is 5.82 Å². The lowest BCUT2D eigenvalue weighted by Gasteiger charge is -2.47. The number of nitrogens with zero attached hydrogens (tertiary/aromatic N) is 4. The first-order chi connectivity index (χ1) is 12.9. The molecule has 0 unspecified atom stereocenters. The Labute approximate surface area is 161 Å². The summed E-state index contributed by atoms with van der Waals surface area (Å²) < 4.78 is 0. The molecule has 27 heavy (non-hydrogen) atoms. The van der Waals surface area contributed by atoms with Crippen molar-refractivity contribution in [3.8, 4) is 0 Å². The SMILES string of the molecule is CN(C)CCCN1CC2(CCC1=O)CCN(c1cccc(C(=O)O)n1)CC2. The van der Waals surface area contributed by atoms with E-state index in [1.807, 2.05) is 6.07 Å². The number of aromatic nitrogens is 1. The second-order valence-electron chi connectivity index (χ2n) is 8.15. The van der Waals surface area contributed by atoms with Gasteiger partial charge >= 0.3 is 5.97 Å². The van der Waals surface area contributed by atoms with Gasteiger partial charge in [-0.3, -0.25) is 4.79 Å². The molecule has 0 aromatic carbocycles. The Kier molecular flexibility index (Phi) is 5.99. The van der Waals surface area contributed by atoms with Gasteiger partial charge in [-0.05, 0) is 63.9 Å². The molecule has 1 spiro atoms. The highest BCUT2D eigenvalue weighted by Crippen LogP contribution is 2.41. The van der Waals surface area contributed by atoms with Crippen molar-refractivity contribution >= 4 is 17.7 Å². The first kappa shape index (κ1) is 19.6. The van der Waals surface area contributed by atoms with Gasteiger partial charge in [-0.2, -0.15) is 0 Å². The fourth-order valence-corrected chi connectivity index (χ4v) is 4.22. The average molecular weight is 374 g/mol. The maximum Gasteiger partial charge on any atom is 0.354 e. The lowest BCUT2D eigenvalue weighted by molar-refractivity contribution is -0.138. The van der Waals surface area contributed by atoms with Gasteiger partial charge in [0, 0.05) is 32.6 Å². The number of piperidine rings is 2. The quantitative estimate of drug-likeness (QED) is 0.820. The van der Waals surface area contributed by atoms with Crippen molar-refractivity contribution in [1.82, 2.24) is 14.8 Å². The Morgan fingerprint density at radius 3 is 2.67 bits per heavy atom. The molecule has 3 heterocycles. The zero-order valence-corrected chi connectivity index (χ0v) is 16.4. The van der Waals surface area contributed by atoms with Crippen molar-refractivity contribution in [3.63, 3.8) is 0 Å². The number of hydrogen-bond acceptors (Lipinski definition) is 5. The number of amides is 1. The topological polar surface area (TPSA) is 77.0 Å². The number of carbonyl (C=O) groups is 2. The van der Waals surface area contributed by atoms with Crippen LogP contribution in [0.3, 0.4) is 0 Å². The van der Waals surface area contributed by atoms with Crippen LogP contribution >= 0.6 is 0 Å². The van der Waals surface area contributed by atoms with Crippen LogP contribution in [0, 0.1) is 5.41 Å². The summed E-state index contributed by atoms with van der Waals surface area (Å²) in [5.74, 6) is 0.0293. The Morgan fingerprint density at radius 1 is 1.26 bits per heavy atom. The predicted octanol–water partition coefficient (Wildman–Crippen LogP) is 1.94. The molecule has 3 rings (SSSR count). The highest BCUT2D eigenvalue weighted by molar-refractivity contribution is 5.85. The van der Waals surface area contributed by atoms with Crippen LogP contribution < -0.4 is 4.90 Å². The Balaban J connectivity index is 1.59. The molecule has 7 heteroatoms. The molecule has 7 nitrogen and oxygen atoms in total. The van der Waals surface area contributed by atoms with Gasteiger partial charge in [0.25, 0.3) is 0 Å². The summed E-state index contributed by atoms with van der Waals surface area (Å²) in [4.78, 5) is 34.1. The van der Waals surface area contributed by atoms with Crippen LogP contribution in [-0.2, 0) is 4.79 Å². The fraction of sp³-hybridized carbons (Fsp3) is 0.650. The molecule has 2 fully saturated rings. The highest BCUT2D eigenvalue weighted by atomic mass is 16.4. The van der Waals surface area contributed by atoms with Gasteiger partial charge in [0.15, 0.2) is 5.69 Å². The number of hydrogen-bond donors (Lipinski definition) is 1. The number of rotatable bonds is 6. The van der Waals surface area contributed by atoms with Crippen molar-refractivity contribution in [2.75, 3.05) is 51.7 Å². The van der Waals surface area contributed by atoms with Crippen molar-refractivity contribution in [1.29, 1.82) is 0 Å². The maximum absolute atomic E-state index is 12.3. The van der Waals surface area contributed by atoms with E-state index in [4.69, 9.17) is 5.11 Å². The monoisotopic (exact) mass is 374 g/mol. The largest absolute Gasteiger partial charge is 0.477 e. The van der Waals surface area contributed by atoms with E-state index in [0.717, 1.165) is 64.2 Å². The van der Waals surface area contributed by atoms with Crippen LogP contribution in [0.5, 0.6) is 0 Å². The van der Waals surface area contributed by atoms with Gasteiger partial charge < -0.3 is 19.8 Å². The molecule has 0 radical (unpaired) electrons. The maximum atomic E-state index is 12.3. The highest BCUT2D eigenvalue weighted by Gasteiger charge is 2.41. The molecule has 0 saturated carbocycles. The van der Waals surface area contributed by atoms with E-state index in [-0.39, 0.29) is 17.0 Å². The minimum absolute atomic E-state index is 0.0862. The molecule has 1 aromatic heterocycles. The summed E-state index contributed by atoms with van der Waals surface area (Å²) in [5.41, 5.74) is 0.288. The van der Waals surface area contributed by atoms with Crippen molar-refractivity contribution in [3.05, 3.63) is 23.9 Å². The number of carboxylic acid groups (broad SMARTS) is 1. The zero-order chi connectivity index (χ0) is 19.4. The molecule has 0 atom stereocenters. The van der Waals surface area contributed by atoms with Crippen molar-refractivity contribution < 1.29 is 14.7 Å². The lowest BCUT2D eigenvalue weighted by Crippen LogP contribution is -2.52. The van der Waals surface area contributed by atoms with E-state index in [1.54, 1.807) is 6.07 Å². The van der Waals surface area contributed by atoms with Crippen LogP contribution in [0.15, 0.2) is 18.2 Å². The number of anilines is 1. The molecule has 148 valence electrons. The first-order valence-electron chi connectivity index (χ1n) is 9.76. The minimum Gasteiger partial charge on any atom is -0.477 e. The van der Waals surface area contributed by atoms with Gasteiger partial charge in [-0.1, -0.05) is 6.07 Å². The molecule has 2 aliphatic rings. The second kappa shape index (κ2) is 8.25. The lowest BCUT2D eigenvalue weighted by atomic mass is 9.72. The Bertz CT molecular complexity index is 684. The molecule has 0 bridgehead atoms. The molecule has 1 amide bonds. The number of likely N-dealkylation sites (tertiary alicyclic amines) is 1. The summed E-state index contributed by atoms with van der Waals surface area (Å²) >= 11 is 0. The van der Waals surface area contributed by atoms with Gasteiger partial charge in [0.2, 0.25) is 5.91 Å². The van der Waals surface area contributed by atoms with Gasteiger partial charge in [0.05, 0.1) is 0 Å². The molecular formula is C20H30N4O3. The van der Waals surface area contributed by atoms with Crippen LogP contribution in [0.2, 0.25) is 0 Å². The molecule has 1 aromatic rings. The van der Waals surface area contributed by atoms with Crippen LogP contribution in [-0.4, -0.2) is 78.6 Å². The van der Waals surface area contributed by atoms with E-state index in [1.165, 1.54) is 6.07 Å². The minimum atomic E-state index is -0.996. The average Bonchev–Trinajstić information content (AvgIpc) is 2.65. The third-order valence-corrected chi connectivity index (χ3v) is 5.88. The summed E-state index contributed by atoms with van der Waals surface area (Å²) in [5, 5.41) is 9.14. The number of pyridine rings is 1. The van der Waals surface area contributed by atoms with E-state index < -0.39 is 5.97 Å². The molecule has 2 saturated heterocycles. The zero-order valence-electron chi connectivity index (χ0n) is 16.4. The Morgan fingerprint density at radius 2 is 2.00 bits per heavy atom. The van der Waals surface area contributed by atoms with E-state index in [0.29, 0.717) is 6.42 Å². The smallest absolute Gasteiger partial charge is 0.354 e. The number of aromatic carboxylic acids is 1. The normalized spacial score (nSPS) is 19.7. The second-order valence-corrected chi connectivity index (χ2v) is 8.15. The summed E-state index contributed by atoms with van der Waals surface area (Å²) in [6, 6.07) is 5.15. The summed E-state index contributed by atoms with van der Waals surface area (Å²) in [7, 11) is 4.12. The molecular weight excluding hydrogens is 344 g/mol. The van der Waals surface area contributed by atoms with E-state index in [9.17, 15) is 9.59 Å². The van der Waals surface area contributed by atoms with Gasteiger partial charge in [-0.15, -0.1) is 0 Å². The third-order valence-electron chi connectivity index (χ3n) is 5.88. The van der Waals surface area contributed by atoms with E-state index >= 15 is 0 Å². The van der Waals surface area contributed by atoms with Crippen molar-refractivity contribution in [2.45, 2.75) is 32.1 Å². The van der Waals surface area contributed by atoms with Gasteiger partial charge in [0.1, 0.15) is 5.82 Å². The first-order valence-corrected chi connectivity index (χ1v) is 9.76. The van der Waals surface area contributed by atoms with E-state index in [2.05, 4.69) is 33.8 Å². The molecule has 1 N–H and O–H groups in total. The molecule has 2 aliphatic heterocycles. The predicted molar refractivity (Wildman–Crippen MR) is 104 cm³/mol. The summed E-state index contributed by atoms with van der Waals surface area (Å²) in [6.07, 6.45) is 4.65. The molecule has 0 aliphatic carbocycles. The third kappa shape index (κ3) is 4.77. The Hall–Kier alpha value is -2.15. The van der Waals surface area contributed by atoms with Gasteiger partial charge in [-0.25, -0.2) is 9.78 Å². The standard InChI is InChI=1S/C20H30N4O3/c1-22(2)11-4-12-24-15-20(8-7-18(24)25)9-13-23(14-10-20)17-6-3-5-16(21-17)19(26)27/h3,5-6H,4,7-15H2,1-2H3,(H,26,27). The number of carbonyl (C=O) groups excluding carboxylic acids is 1.